The molecular formula is C11H25NO5. The Morgan fingerprint density at radius 3 is 2.00 bits per heavy atom. The Labute approximate surface area is 102 Å². The summed E-state index contributed by atoms with van der Waals surface area (Å²) in [5.41, 5.74) is 3.81. The Hall–Kier alpha value is -0.690. The highest BCUT2D eigenvalue weighted by molar-refractivity contribution is 5.66. The molecule has 6 nitrogen and oxygen atoms in total. The molecule has 0 saturated heterocycles. The van der Waals surface area contributed by atoms with Gasteiger partial charge in [0.1, 0.15) is 5.72 Å². The summed E-state index contributed by atoms with van der Waals surface area (Å²) in [5.74, 6) is -0.745. The van der Waals surface area contributed by atoms with E-state index >= 15 is 0 Å². The fourth-order valence-electron chi connectivity index (χ4n) is 0.509. The van der Waals surface area contributed by atoms with E-state index in [2.05, 4.69) is 0 Å². The molecule has 5 N–H and O–H groups in total. The summed E-state index contributed by atoms with van der Waals surface area (Å²) in [4.78, 5) is 9.37. The van der Waals surface area contributed by atoms with Crippen LogP contribution in [0.15, 0.2) is 0 Å². The summed E-state index contributed by atoms with van der Waals surface area (Å²) in [6.45, 7) is 7.27. The number of carboxylic acids is 1. The van der Waals surface area contributed by atoms with Gasteiger partial charge in [-0.3, -0.25) is 4.79 Å². The predicted octanol–water partition coefficient (Wildman–Crippen LogP) is 0.170. The zero-order valence-electron chi connectivity index (χ0n) is 11.1. The second kappa shape index (κ2) is 8.41. The third-order valence-electron chi connectivity index (χ3n) is 2.16. The number of hydrogen-bond donors (Lipinski definition) is 4. The van der Waals surface area contributed by atoms with E-state index in [9.17, 15) is 9.90 Å². The molecular weight excluding hydrogens is 226 g/mol. The molecule has 104 valence electrons. The molecule has 1 atom stereocenters. The van der Waals surface area contributed by atoms with Gasteiger partial charge < -0.3 is 25.8 Å². The number of ether oxygens (including phenoxy) is 1. The molecule has 17 heavy (non-hydrogen) atoms. The minimum atomic E-state index is -1.35. The van der Waals surface area contributed by atoms with Crippen molar-refractivity contribution in [2.45, 2.75) is 39.8 Å². The van der Waals surface area contributed by atoms with Crippen molar-refractivity contribution in [3.63, 3.8) is 0 Å². The largest absolute Gasteiger partial charge is 0.481 e. The van der Waals surface area contributed by atoms with E-state index in [1.807, 2.05) is 20.8 Å². The van der Waals surface area contributed by atoms with Gasteiger partial charge in [-0.1, -0.05) is 27.7 Å². The van der Waals surface area contributed by atoms with Crippen LogP contribution in [0.2, 0.25) is 0 Å². The monoisotopic (exact) mass is 251 g/mol. The van der Waals surface area contributed by atoms with Gasteiger partial charge in [-0.15, -0.1) is 0 Å². The Bertz CT molecular complexity index is 210. The van der Waals surface area contributed by atoms with Crippen molar-refractivity contribution < 1.29 is 24.9 Å². The number of carboxylic acid groups (broad SMARTS) is 1. The Kier molecular flexibility index (Phi) is 9.23. The van der Waals surface area contributed by atoms with Gasteiger partial charge in [0.05, 0.1) is 19.8 Å². The first-order valence-electron chi connectivity index (χ1n) is 5.50. The predicted molar refractivity (Wildman–Crippen MR) is 64.4 cm³/mol. The van der Waals surface area contributed by atoms with Gasteiger partial charge in [0.2, 0.25) is 0 Å². The normalized spacial score (nSPS) is 14.5. The molecule has 0 fully saturated rings. The Morgan fingerprint density at radius 1 is 1.35 bits per heavy atom. The van der Waals surface area contributed by atoms with Crippen molar-refractivity contribution in [3.05, 3.63) is 0 Å². The number of hydrogen-bond acceptors (Lipinski definition) is 5. The van der Waals surface area contributed by atoms with Gasteiger partial charge in [0.25, 0.3) is 0 Å². The smallest absolute Gasteiger partial charge is 0.303 e. The van der Waals surface area contributed by atoms with Crippen LogP contribution in [0.3, 0.4) is 0 Å². The standard InChI is InChI=1S/C8H19NO3.C3H6O2/c1-7(2,3)8(9,11)6-12-5-4-10;1-2-3(4)5/h10-11H,4-6,9H2,1-3H3;2H2,1H3,(H,4,5). The van der Waals surface area contributed by atoms with Gasteiger partial charge in [0.15, 0.2) is 0 Å². The van der Waals surface area contributed by atoms with E-state index < -0.39 is 17.1 Å². The van der Waals surface area contributed by atoms with E-state index in [0.29, 0.717) is 0 Å². The van der Waals surface area contributed by atoms with Crippen molar-refractivity contribution in [3.8, 4) is 0 Å². The third kappa shape index (κ3) is 10.2. The Morgan fingerprint density at radius 2 is 1.76 bits per heavy atom. The van der Waals surface area contributed by atoms with Crippen molar-refractivity contribution in [1.82, 2.24) is 0 Å². The van der Waals surface area contributed by atoms with E-state index in [4.69, 9.17) is 20.7 Å². The van der Waals surface area contributed by atoms with Gasteiger partial charge in [0, 0.05) is 11.8 Å². The van der Waals surface area contributed by atoms with Crippen molar-refractivity contribution in [2.75, 3.05) is 19.8 Å². The molecule has 0 amide bonds. The topological polar surface area (TPSA) is 113 Å². The third-order valence-corrected chi connectivity index (χ3v) is 2.16. The van der Waals surface area contributed by atoms with Gasteiger partial charge in [-0.05, 0) is 0 Å². The van der Waals surface area contributed by atoms with Crippen LogP contribution in [0.4, 0.5) is 0 Å². The average Bonchev–Trinajstić information content (AvgIpc) is 2.17. The molecule has 0 rings (SSSR count). The van der Waals surface area contributed by atoms with Crippen LogP contribution in [0.25, 0.3) is 0 Å². The van der Waals surface area contributed by atoms with Crippen molar-refractivity contribution >= 4 is 5.97 Å². The molecule has 0 aromatic carbocycles. The lowest BCUT2D eigenvalue weighted by molar-refractivity contribution is -0.136. The molecule has 0 heterocycles. The highest BCUT2D eigenvalue weighted by Crippen LogP contribution is 2.25. The summed E-state index contributed by atoms with van der Waals surface area (Å²) in [5, 5.41) is 25.8. The summed E-state index contributed by atoms with van der Waals surface area (Å²) in [7, 11) is 0. The fourth-order valence-corrected chi connectivity index (χ4v) is 0.509. The van der Waals surface area contributed by atoms with Crippen molar-refractivity contribution in [2.24, 2.45) is 11.1 Å². The molecule has 0 aliphatic rings. The number of aliphatic hydroxyl groups is 2. The van der Waals surface area contributed by atoms with Crippen LogP contribution < -0.4 is 5.73 Å². The van der Waals surface area contributed by atoms with Gasteiger partial charge in [-0.2, -0.15) is 0 Å². The highest BCUT2D eigenvalue weighted by atomic mass is 16.5. The van der Waals surface area contributed by atoms with Crippen LogP contribution >= 0.6 is 0 Å². The zero-order valence-corrected chi connectivity index (χ0v) is 11.1. The second-order valence-corrected chi connectivity index (χ2v) is 4.70. The summed E-state index contributed by atoms with van der Waals surface area (Å²) in [6.07, 6.45) is 0.222. The van der Waals surface area contributed by atoms with Crippen molar-refractivity contribution in [1.29, 1.82) is 0 Å². The lowest BCUT2D eigenvalue weighted by Gasteiger charge is -2.36. The second-order valence-electron chi connectivity index (χ2n) is 4.70. The van der Waals surface area contributed by atoms with Gasteiger partial charge in [-0.25, -0.2) is 0 Å². The van der Waals surface area contributed by atoms with E-state index in [1.165, 1.54) is 0 Å². The van der Waals surface area contributed by atoms with Crippen LogP contribution in [-0.4, -0.2) is 46.8 Å². The maximum absolute atomic E-state index is 9.65. The first-order valence-corrected chi connectivity index (χ1v) is 5.50. The number of nitrogens with two attached hydrogens (primary N) is 1. The van der Waals surface area contributed by atoms with Gasteiger partial charge >= 0.3 is 5.97 Å². The summed E-state index contributed by atoms with van der Waals surface area (Å²) >= 11 is 0. The number of aliphatic carboxylic acids is 1. The number of rotatable bonds is 5. The summed E-state index contributed by atoms with van der Waals surface area (Å²) < 4.78 is 4.95. The van der Waals surface area contributed by atoms with E-state index in [0.717, 1.165) is 0 Å². The molecule has 0 saturated carbocycles. The first kappa shape index (κ1) is 18.7. The average molecular weight is 251 g/mol. The fraction of sp³-hybridized carbons (Fsp3) is 0.909. The molecule has 0 aromatic heterocycles. The number of aliphatic hydroxyl groups excluding tert-OH is 1. The lowest BCUT2D eigenvalue weighted by atomic mass is 9.84. The maximum atomic E-state index is 9.65. The molecule has 0 bridgehead atoms. The quantitative estimate of drug-likeness (QED) is 0.409. The minimum Gasteiger partial charge on any atom is -0.481 e. The molecule has 0 aliphatic carbocycles. The zero-order chi connectivity index (χ0) is 14.1. The summed E-state index contributed by atoms with van der Waals surface area (Å²) in [6, 6.07) is 0. The molecule has 0 radical (unpaired) electrons. The molecule has 0 spiro atoms. The van der Waals surface area contributed by atoms with E-state index in [-0.39, 0.29) is 26.2 Å². The van der Waals surface area contributed by atoms with Crippen LogP contribution in [0, 0.1) is 5.41 Å². The van der Waals surface area contributed by atoms with Crippen LogP contribution in [-0.2, 0) is 9.53 Å². The first-order chi connectivity index (χ1) is 7.58. The van der Waals surface area contributed by atoms with E-state index in [1.54, 1.807) is 6.92 Å². The Balaban J connectivity index is 0. The highest BCUT2D eigenvalue weighted by Gasteiger charge is 2.36. The molecule has 0 aromatic rings. The SMILES string of the molecule is CC(C)(C)C(N)(O)COCCO.CCC(=O)O. The number of carbonyl (C=O) groups is 1. The van der Waals surface area contributed by atoms with Crippen LogP contribution in [0.5, 0.6) is 0 Å². The lowest BCUT2D eigenvalue weighted by Crippen LogP contribution is -2.55. The minimum absolute atomic E-state index is 0.0388. The maximum Gasteiger partial charge on any atom is 0.303 e. The molecule has 6 heteroatoms. The molecule has 0 aliphatic heterocycles. The molecule has 1 unspecified atom stereocenters. The van der Waals surface area contributed by atoms with Crippen LogP contribution in [0.1, 0.15) is 34.1 Å².